The van der Waals surface area contributed by atoms with Crippen LogP contribution in [0.25, 0.3) is 0 Å². The first-order valence-corrected chi connectivity index (χ1v) is 9.25. The Kier molecular flexibility index (Phi) is 5.73. The highest BCUT2D eigenvalue weighted by atomic mass is 16.2. The monoisotopic (exact) mass is 371 g/mol. The van der Waals surface area contributed by atoms with Gasteiger partial charge in [-0.25, -0.2) is 9.48 Å². The van der Waals surface area contributed by atoms with Gasteiger partial charge in [0.05, 0.1) is 6.54 Å². The minimum absolute atomic E-state index is 0.158. The predicted octanol–water partition coefficient (Wildman–Crippen LogP) is 1.14. The predicted molar refractivity (Wildman–Crippen MR) is 102 cm³/mol. The maximum Gasteiger partial charge on any atom is 0.346 e. The van der Waals surface area contributed by atoms with Crippen LogP contribution in [0.4, 0.5) is 5.69 Å². The van der Waals surface area contributed by atoms with Crippen LogP contribution in [0.15, 0.2) is 23.0 Å². The van der Waals surface area contributed by atoms with Gasteiger partial charge < -0.3 is 10.6 Å². The van der Waals surface area contributed by atoms with Gasteiger partial charge in [-0.05, 0) is 37.8 Å². The summed E-state index contributed by atoms with van der Waals surface area (Å²) in [7, 11) is 0. The molecular weight excluding hydrogens is 346 g/mol. The Morgan fingerprint density at radius 3 is 2.59 bits per heavy atom. The van der Waals surface area contributed by atoms with Crippen molar-refractivity contribution in [3.8, 4) is 0 Å². The summed E-state index contributed by atoms with van der Waals surface area (Å²) in [5.41, 5.74) is 2.41. The van der Waals surface area contributed by atoms with E-state index >= 15 is 0 Å². The molecule has 0 radical (unpaired) electrons. The number of nitrogens with one attached hydrogen (secondary N) is 2. The van der Waals surface area contributed by atoms with Gasteiger partial charge in [0.15, 0.2) is 0 Å². The number of aryl methyl sites for hydroxylation is 3. The van der Waals surface area contributed by atoms with Crippen molar-refractivity contribution in [1.82, 2.24) is 19.7 Å². The number of aromatic nitrogens is 3. The highest BCUT2D eigenvalue weighted by molar-refractivity contribution is 5.95. The molecule has 8 nitrogen and oxygen atoms in total. The number of nitrogens with zero attached hydrogens (tertiary/aromatic N) is 3. The number of benzene rings is 1. The first-order chi connectivity index (χ1) is 13.0. The highest BCUT2D eigenvalue weighted by Gasteiger charge is 2.17. The molecule has 0 unspecified atom stereocenters. The third-order valence-electron chi connectivity index (χ3n) is 4.77. The number of rotatable bonds is 5. The molecule has 1 aromatic carbocycles. The Labute approximate surface area is 157 Å². The Bertz CT molecular complexity index is 892. The molecule has 2 amide bonds. The molecule has 8 heteroatoms. The standard InChI is InChI=1S/C19H25N5O3/c1-13-7-6-8-14(2)18(13)21-16(25)11-20-17(26)12-24-19(27)23-10-5-3-4-9-15(23)22-24/h6-8H,3-5,9-12H2,1-2H3,(H,20,26)(H,21,25). The van der Waals surface area contributed by atoms with E-state index in [1.807, 2.05) is 32.0 Å². The van der Waals surface area contributed by atoms with E-state index in [9.17, 15) is 14.4 Å². The number of fused-ring (bicyclic) bond motifs is 1. The number of carbonyl (C=O) groups excluding carboxylic acids is 2. The van der Waals surface area contributed by atoms with Gasteiger partial charge >= 0.3 is 5.69 Å². The quantitative estimate of drug-likeness (QED) is 0.824. The molecule has 1 aromatic heterocycles. The number of amides is 2. The molecule has 0 saturated heterocycles. The molecule has 0 aliphatic carbocycles. The van der Waals surface area contributed by atoms with Crippen molar-refractivity contribution >= 4 is 17.5 Å². The largest absolute Gasteiger partial charge is 0.346 e. The summed E-state index contributed by atoms with van der Waals surface area (Å²) >= 11 is 0. The Morgan fingerprint density at radius 1 is 1.11 bits per heavy atom. The second-order valence-electron chi connectivity index (χ2n) is 6.91. The fourth-order valence-corrected chi connectivity index (χ4v) is 3.29. The molecule has 0 bridgehead atoms. The third-order valence-corrected chi connectivity index (χ3v) is 4.77. The highest BCUT2D eigenvalue weighted by Crippen LogP contribution is 2.19. The van der Waals surface area contributed by atoms with Crippen molar-refractivity contribution in [2.24, 2.45) is 0 Å². The summed E-state index contributed by atoms with van der Waals surface area (Å²) in [4.78, 5) is 36.6. The van der Waals surface area contributed by atoms with Crippen molar-refractivity contribution < 1.29 is 9.59 Å². The van der Waals surface area contributed by atoms with Gasteiger partial charge in [-0.2, -0.15) is 5.10 Å². The lowest BCUT2D eigenvalue weighted by atomic mass is 10.1. The van der Waals surface area contributed by atoms with Crippen molar-refractivity contribution in [1.29, 1.82) is 0 Å². The molecule has 2 heterocycles. The molecule has 1 aliphatic rings. The average Bonchev–Trinajstić information content (AvgIpc) is 2.80. The molecular formula is C19H25N5O3. The lowest BCUT2D eigenvalue weighted by Crippen LogP contribution is -2.37. The van der Waals surface area contributed by atoms with Crippen LogP contribution in [-0.4, -0.2) is 32.7 Å². The van der Waals surface area contributed by atoms with E-state index in [2.05, 4.69) is 15.7 Å². The fraction of sp³-hybridized carbons (Fsp3) is 0.474. The van der Waals surface area contributed by atoms with Crippen LogP contribution >= 0.6 is 0 Å². The van der Waals surface area contributed by atoms with Gasteiger partial charge in [0.25, 0.3) is 0 Å². The van der Waals surface area contributed by atoms with Crippen LogP contribution in [0.2, 0.25) is 0 Å². The van der Waals surface area contributed by atoms with Crippen LogP contribution in [-0.2, 0) is 29.1 Å². The van der Waals surface area contributed by atoms with E-state index in [4.69, 9.17) is 0 Å². The van der Waals surface area contributed by atoms with Gasteiger partial charge in [-0.15, -0.1) is 0 Å². The fourth-order valence-electron chi connectivity index (χ4n) is 3.29. The maximum absolute atomic E-state index is 12.4. The van der Waals surface area contributed by atoms with Gasteiger partial charge in [0.2, 0.25) is 11.8 Å². The summed E-state index contributed by atoms with van der Waals surface area (Å²) in [6.45, 7) is 4.13. The molecule has 0 atom stereocenters. The molecule has 0 saturated carbocycles. The van der Waals surface area contributed by atoms with Crippen molar-refractivity contribution in [2.45, 2.75) is 52.6 Å². The molecule has 0 spiro atoms. The van der Waals surface area contributed by atoms with E-state index in [0.717, 1.165) is 48.3 Å². The number of carbonyl (C=O) groups is 2. The zero-order chi connectivity index (χ0) is 19.4. The minimum atomic E-state index is -0.415. The minimum Gasteiger partial charge on any atom is -0.345 e. The van der Waals surface area contributed by atoms with Crippen molar-refractivity contribution in [3.05, 3.63) is 45.6 Å². The Morgan fingerprint density at radius 2 is 1.85 bits per heavy atom. The lowest BCUT2D eigenvalue weighted by Gasteiger charge is -2.11. The second-order valence-corrected chi connectivity index (χ2v) is 6.91. The van der Waals surface area contributed by atoms with E-state index in [1.54, 1.807) is 4.57 Å². The lowest BCUT2D eigenvalue weighted by molar-refractivity contribution is -0.124. The first kappa shape index (κ1) is 18.9. The summed E-state index contributed by atoms with van der Waals surface area (Å²) in [5, 5.41) is 9.64. The Hall–Kier alpha value is -2.90. The van der Waals surface area contributed by atoms with Crippen LogP contribution in [0.3, 0.4) is 0 Å². The molecule has 2 aromatic rings. The summed E-state index contributed by atoms with van der Waals surface area (Å²) in [6.07, 6.45) is 3.78. The third kappa shape index (κ3) is 4.45. The number of anilines is 1. The second kappa shape index (κ2) is 8.20. The van der Waals surface area contributed by atoms with Gasteiger partial charge in [-0.1, -0.05) is 24.6 Å². The molecule has 0 fully saturated rings. The normalized spacial score (nSPS) is 13.6. The number of hydrogen-bond acceptors (Lipinski definition) is 4. The zero-order valence-electron chi connectivity index (χ0n) is 15.7. The van der Waals surface area contributed by atoms with Gasteiger partial charge in [0.1, 0.15) is 12.4 Å². The van der Waals surface area contributed by atoms with Crippen LogP contribution < -0.4 is 16.3 Å². The summed E-state index contributed by atoms with van der Waals surface area (Å²) < 4.78 is 2.83. The number of para-hydroxylation sites is 1. The zero-order valence-corrected chi connectivity index (χ0v) is 15.7. The van der Waals surface area contributed by atoms with E-state index in [1.165, 1.54) is 4.68 Å². The maximum atomic E-state index is 12.4. The molecule has 3 rings (SSSR count). The SMILES string of the molecule is Cc1cccc(C)c1NC(=O)CNC(=O)Cn1nc2n(c1=O)CCCCC2. The van der Waals surface area contributed by atoms with Crippen LogP contribution in [0.5, 0.6) is 0 Å². The number of hydrogen-bond donors (Lipinski definition) is 2. The molecule has 2 N–H and O–H groups in total. The van der Waals surface area contributed by atoms with E-state index in [-0.39, 0.29) is 24.7 Å². The summed E-state index contributed by atoms with van der Waals surface area (Å²) in [5.74, 6) is 0.00815. The molecule has 144 valence electrons. The smallest absolute Gasteiger partial charge is 0.345 e. The van der Waals surface area contributed by atoms with Crippen molar-refractivity contribution in [3.63, 3.8) is 0 Å². The topological polar surface area (TPSA) is 98.0 Å². The average molecular weight is 371 g/mol. The van der Waals surface area contributed by atoms with E-state index < -0.39 is 5.91 Å². The first-order valence-electron chi connectivity index (χ1n) is 9.25. The van der Waals surface area contributed by atoms with Crippen LogP contribution in [0, 0.1) is 13.8 Å². The van der Waals surface area contributed by atoms with Crippen molar-refractivity contribution in [2.75, 3.05) is 11.9 Å². The summed E-state index contributed by atoms with van der Waals surface area (Å²) in [6, 6.07) is 5.75. The van der Waals surface area contributed by atoms with E-state index in [0.29, 0.717) is 6.54 Å². The molecule has 27 heavy (non-hydrogen) atoms. The molecule has 1 aliphatic heterocycles. The van der Waals surface area contributed by atoms with Gasteiger partial charge in [0, 0.05) is 18.7 Å². The Balaban J connectivity index is 1.56. The van der Waals surface area contributed by atoms with Crippen LogP contribution in [0.1, 0.15) is 36.2 Å². The van der Waals surface area contributed by atoms with Gasteiger partial charge in [-0.3, -0.25) is 14.2 Å².